The molecule has 106 valence electrons. The van der Waals surface area contributed by atoms with E-state index < -0.39 is 5.92 Å². The molecule has 0 aromatic heterocycles. The van der Waals surface area contributed by atoms with E-state index in [-0.39, 0.29) is 5.91 Å². The highest BCUT2D eigenvalue weighted by Gasteiger charge is 2.17. The van der Waals surface area contributed by atoms with Crippen molar-refractivity contribution in [2.45, 2.75) is 13.0 Å². The highest BCUT2D eigenvalue weighted by Crippen LogP contribution is 2.11. The SMILES string of the molecule is N#CC(Cc1ccccc1)C(=O)NCc1ccc(Br)cc1. The third-order valence-electron chi connectivity index (χ3n) is 3.13. The molecule has 1 amide bonds. The number of amides is 1. The van der Waals surface area contributed by atoms with Gasteiger partial charge in [-0.3, -0.25) is 4.79 Å². The number of halogens is 1. The van der Waals surface area contributed by atoms with Crippen LogP contribution in [0.4, 0.5) is 0 Å². The van der Waals surface area contributed by atoms with Gasteiger partial charge in [0, 0.05) is 11.0 Å². The lowest BCUT2D eigenvalue weighted by atomic mass is 10.00. The summed E-state index contributed by atoms with van der Waals surface area (Å²) in [5.74, 6) is -0.896. The Morgan fingerprint density at radius 3 is 2.38 bits per heavy atom. The van der Waals surface area contributed by atoms with Gasteiger partial charge in [-0.1, -0.05) is 58.4 Å². The van der Waals surface area contributed by atoms with Crippen molar-refractivity contribution in [3.8, 4) is 6.07 Å². The molecule has 1 N–H and O–H groups in total. The molecule has 0 fully saturated rings. The second-order valence-corrected chi connectivity index (χ2v) is 5.63. The number of carbonyl (C=O) groups is 1. The van der Waals surface area contributed by atoms with Gasteiger partial charge in [0.15, 0.2) is 0 Å². The average molecular weight is 343 g/mol. The zero-order valence-electron chi connectivity index (χ0n) is 11.4. The molecule has 21 heavy (non-hydrogen) atoms. The fourth-order valence-corrected chi connectivity index (χ4v) is 2.23. The van der Waals surface area contributed by atoms with Crippen LogP contribution in [0.25, 0.3) is 0 Å². The van der Waals surface area contributed by atoms with Crippen molar-refractivity contribution in [3.63, 3.8) is 0 Å². The summed E-state index contributed by atoms with van der Waals surface area (Å²) in [5.41, 5.74) is 1.99. The van der Waals surface area contributed by atoms with Crippen LogP contribution in [0.5, 0.6) is 0 Å². The van der Waals surface area contributed by atoms with E-state index >= 15 is 0 Å². The molecular formula is C17H15BrN2O. The van der Waals surface area contributed by atoms with Gasteiger partial charge in [0.1, 0.15) is 5.92 Å². The van der Waals surface area contributed by atoms with E-state index in [0.29, 0.717) is 13.0 Å². The lowest BCUT2D eigenvalue weighted by Crippen LogP contribution is -2.30. The standard InChI is InChI=1S/C17H15BrN2O/c18-16-8-6-14(7-9-16)12-20-17(21)15(11-19)10-13-4-2-1-3-5-13/h1-9,15H,10,12H2,(H,20,21). The first-order chi connectivity index (χ1) is 10.2. The molecule has 2 aromatic carbocycles. The Hall–Kier alpha value is -2.12. The molecule has 0 aliphatic rings. The van der Waals surface area contributed by atoms with Crippen molar-refractivity contribution in [2.24, 2.45) is 5.92 Å². The summed E-state index contributed by atoms with van der Waals surface area (Å²) in [4.78, 5) is 12.1. The molecule has 4 heteroatoms. The van der Waals surface area contributed by atoms with Crippen LogP contribution in [0.2, 0.25) is 0 Å². The molecule has 1 unspecified atom stereocenters. The van der Waals surface area contributed by atoms with Crippen LogP contribution in [0, 0.1) is 17.2 Å². The number of hydrogen-bond acceptors (Lipinski definition) is 2. The minimum absolute atomic E-state index is 0.232. The first-order valence-electron chi connectivity index (χ1n) is 6.65. The number of benzene rings is 2. The van der Waals surface area contributed by atoms with Gasteiger partial charge in [-0.15, -0.1) is 0 Å². The normalized spacial score (nSPS) is 11.4. The van der Waals surface area contributed by atoms with E-state index in [1.807, 2.05) is 54.6 Å². The summed E-state index contributed by atoms with van der Waals surface area (Å²) in [6.07, 6.45) is 0.434. The zero-order chi connectivity index (χ0) is 15.1. The molecule has 0 saturated carbocycles. The lowest BCUT2D eigenvalue weighted by molar-refractivity contribution is -0.123. The van der Waals surface area contributed by atoms with Crippen LogP contribution in [0.3, 0.4) is 0 Å². The van der Waals surface area contributed by atoms with Crippen LogP contribution in [-0.2, 0) is 17.8 Å². The Bertz CT molecular complexity index is 632. The molecule has 0 aliphatic carbocycles. The van der Waals surface area contributed by atoms with Crippen LogP contribution < -0.4 is 5.32 Å². The molecule has 0 aliphatic heterocycles. The Kier molecular flexibility index (Phi) is 5.53. The summed E-state index contributed by atoms with van der Waals surface area (Å²) >= 11 is 3.37. The zero-order valence-corrected chi connectivity index (χ0v) is 13.0. The van der Waals surface area contributed by atoms with Crippen molar-refractivity contribution in [2.75, 3.05) is 0 Å². The van der Waals surface area contributed by atoms with Gasteiger partial charge < -0.3 is 5.32 Å². The van der Waals surface area contributed by atoms with Gasteiger partial charge in [-0.25, -0.2) is 0 Å². The van der Waals surface area contributed by atoms with Crippen molar-refractivity contribution in [3.05, 3.63) is 70.2 Å². The maximum Gasteiger partial charge on any atom is 0.237 e. The summed E-state index contributed by atoms with van der Waals surface area (Å²) in [6.45, 7) is 0.430. The summed E-state index contributed by atoms with van der Waals surface area (Å²) < 4.78 is 0.997. The van der Waals surface area contributed by atoms with Gasteiger partial charge in [0.25, 0.3) is 0 Å². The molecule has 0 spiro atoms. The smallest absolute Gasteiger partial charge is 0.237 e. The second kappa shape index (κ2) is 7.61. The van der Waals surface area contributed by atoms with Crippen molar-refractivity contribution < 1.29 is 4.79 Å². The van der Waals surface area contributed by atoms with Gasteiger partial charge in [-0.05, 0) is 29.7 Å². The fourth-order valence-electron chi connectivity index (χ4n) is 1.96. The molecule has 2 aromatic rings. The van der Waals surface area contributed by atoms with E-state index in [2.05, 4.69) is 27.3 Å². The fraction of sp³-hybridized carbons (Fsp3) is 0.176. The maximum absolute atomic E-state index is 12.1. The number of rotatable bonds is 5. The van der Waals surface area contributed by atoms with Crippen molar-refractivity contribution in [1.82, 2.24) is 5.32 Å². The van der Waals surface area contributed by atoms with E-state index in [1.165, 1.54) is 0 Å². The van der Waals surface area contributed by atoms with E-state index in [1.54, 1.807) is 0 Å². The molecule has 2 rings (SSSR count). The minimum Gasteiger partial charge on any atom is -0.351 e. The summed E-state index contributed by atoms with van der Waals surface area (Å²) in [6, 6.07) is 19.4. The third-order valence-corrected chi connectivity index (χ3v) is 3.66. The molecular weight excluding hydrogens is 328 g/mol. The average Bonchev–Trinajstić information content (AvgIpc) is 2.52. The summed E-state index contributed by atoms with van der Waals surface area (Å²) in [7, 11) is 0. The predicted octanol–water partition coefficient (Wildman–Crippen LogP) is 3.45. The quantitative estimate of drug-likeness (QED) is 0.904. The Morgan fingerprint density at radius 2 is 1.76 bits per heavy atom. The highest BCUT2D eigenvalue weighted by atomic mass is 79.9. The van der Waals surface area contributed by atoms with Gasteiger partial charge >= 0.3 is 0 Å². The number of nitriles is 1. The first-order valence-corrected chi connectivity index (χ1v) is 7.44. The number of carbonyl (C=O) groups excluding carboxylic acids is 1. The monoisotopic (exact) mass is 342 g/mol. The molecule has 0 bridgehead atoms. The van der Waals surface area contributed by atoms with E-state index in [0.717, 1.165) is 15.6 Å². The first kappa shape index (κ1) is 15.3. The van der Waals surface area contributed by atoms with Crippen LogP contribution >= 0.6 is 15.9 Å². The topological polar surface area (TPSA) is 52.9 Å². The highest BCUT2D eigenvalue weighted by molar-refractivity contribution is 9.10. The second-order valence-electron chi connectivity index (χ2n) is 4.72. The molecule has 0 heterocycles. The maximum atomic E-state index is 12.1. The third kappa shape index (κ3) is 4.73. The molecule has 1 atom stereocenters. The Labute approximate surface area is 132 Å². The van der Waals surface area contributed by atoms with E-state index in [4.69, 9.17) is 0 Å². The molecule has 0 saturated heterocycles. The largest absolute Gasteiger partial charge is 0.351 e. The van der Waals surface area contributed by atoms with E-state index in [9.17, 15) is 10.1 Å². The molecule has 3 nitrogen and oxygen atoms in total. The Balaban J connectivity index is 1.91. The van der Waals surface area contributed by atoms with Crippen LogP contribution in [0.1, 0.15) is 11.1 Å². The van der Waals surface area contributed by atoms with Gasteiger partial charge in [0.2, 0.25) is 5.91 Å². The lowest BCUT2D eigenvalue weighted by Gasteiger charge is -2.10. The summed E-state index contributed by atoms with van der Waals surface area (Å²) in [5, 5.41) is 12.0. The van der Waals surface area contributed by atoms with Gasteiger partial charge in [-0.2, -0.15) is 5.26 Å². The number of hydrogen-bond donors (Lipinski definition) is 1. The van der Waals surface area contributed by atoms with Crippen LogP contribution in [0.15, 0.2) is 59.1 Å². The Morgan fingerprint density at radius 1 is 1.10 bits per heavy atom. The van der Waals surface area contributed by atoms with Gasteiger partial charge in [0.05, 0.1) is 6.07 Å². The molecule has 0 radical (unpaired) electrons. The minimum atomic E-state index is -0.664. The number of nitrogens with zero attached hydrogens (tertiary/aromatic N) is 1. The number of nitrogens with one attached hydrogen (secondary N) is 1. The van der Waals surface area contributed by atoms with Crippen molar-refractivity contribution in [1.29, 1.82) is 5.26 Å². The predicted molar refractivity (Wildman–Crippen MR) is 85.2 cm³/mol. The van der Waals surface area contributed by atoms with Crippen molar-refractivity contribution >= 4 is 21.8 Å². The van der Waals surface area contributed by atoms with Crippen LogP contribution in [-0.4, -0.2) is 5.91 Å².